The van der Waals surface area contributed by atoms with Crippen molar-refractivity contribution in [1.29, 1.82) is 0 Å². The van der Waals surface area contributed by atoms with Crippen LogP contribution in [-0.2, 0) is 11.3 Å². The van der Waals surface area contributed by atoms with Crippen LogP contribution in [-0.4, -0.2) is 63.3 Å². The molecule has 30 heavy (non-hydrogen) atoms. The summed E-state index contributed by atoms with van der Waals surface area (Å²) in [4.78, 5) is 38.8. The molecule has 1 aromatic carbocycles. The Kier molecular flexibility index (Phi) is 4.87. The summed E-state index contributed by atoms with van der Waals surface area (Å²) in [7, 11) is 1.74. The largest absolute Gasteiger partial charge is 0.328 e. The molecule has 3 amide bonds. The maximum absolute atomic E-state index is 13.6. The fraction of sp³-hybridized carbons (Fsp3) is 0.522. The van der Waals surface area contributed by atoms with E-state index in [4.69, 9.17) is 4.99 Å². The Morgan fingerprint density at radius 3 is 2.40 bits per heavy atom. The van der Waals surface area contributed by atoms with Crippen molar-refractivity contribution in [2.75, 3.05) is 13.6 Å². The number of allylic oxidation sites excluding steroid dienone is 2. The first-order chi connectivity index (χ1) is 14.1. The summed E-state index contributed by atoms with van der Waals surface area (Å²) in [5.74, 6) is 1.06. The molecule has 1 fully saturated rings. The lowest BCUT2D eigenvalue weighted by Gasteiger charge is -2.41. The molecule has 7 heteroatoms. The molecular weight excluding hydrogens is 378 g/mol. The van der Waals surface area contributed by atoms with E-state index in [2.05, 4.69) is 25.7 Å². The molecule has 7 nitrogen and oxygen atoms in total. The highest BCUT2D eigenvalue weighted by molar-refractivity contribution is 6.05. The van der Waals surface area contributed by atoms with Crippen molar-refractivity contribution in [1.82, 2.24) is 19.6 Å². The van der Waals surface area contributed by atoms with E-state index in [9.17, 15) is 9.59 Å². The summed E-state index contributed by atoms with van der Waals surface area (Å²) in [6, 6.07) is 5.32. The average Bonchev–Trinajstić information content (AvgIpc) is 3.18. The van der Waals surface area contributed by atoms with Gasteiger partial charge in [0.1, 0.15) is 0 Å². The highest BCUT2D eigenvalue weighted by Gasteiger charge is 2.55. The normalized spacial score (nSPS) is 23.7. The van der Waals surface area contributed by atoms with Gasteiger partial charge < -0.3 is 9.80 Å². The molecule has 0 radical (unpaired) electrons. The number of benzene rings is 1. The molecule has 1 saturated heterocycles. The lowest BCUT2D eigenvalue weighted by molar-refractivity contribution is -0.137. The van der Waals surface area contributed by atoms with Crippen LogP contribution >= 0.6 is 0 Å². The van der Waals surface area contributed by atoms with Crippen LogP contribution in [0, 0.1) is 19.8 Å². The lowest BCUT2D eigenvalue weighted by Crippen LogP contribution is -2.64. The number of guanidine groups is 1. The van der Waals surface area contributed by atoms with E-state index in [1.807, 2.05) is 43.9 Å². The number of amides is 3. The Morgan fingerprint density at radius 1 is 1.03 bits per heavy atom. The molecule has 2 atom stereocenters. The topological polar surface area (TPSA) is 59.5 Å². The molecule has 0 bridgehead atoms. The van der Waals surface area contributed by atoms with Crippen LogP contribution in [0.2, 0.25) is 0 Å². The number of likely N-dealkylation sites (N-methyl/N-ethyl adjacent to an activating group) is 1. The number of fused-ring (bicyclic) bond motifs is 3. The van der Waals surface area contributed by atoms with E-state index in [-0.39, 0.29) is 18.5 Å². The molecule has 3 heterocycles. The fourth-order valence-corrected chi connectivity index (χ4v) is 4.55. The first-order valence-corrected chi connectivity index (χ1v) is 10.6. The van der Waals surface area contributed by atoms with E-state index in [0.29, 0.717) is 5.92 Å². The third-order valence-corrected chi connectivity index (χ3v) is 6.38. The predicted octanol–water partition coefficient (Wildman–Crippen LogP) is 3.29. The van der Waals surface area contributed by atoms with Gasteiger partial charge in [-0.2, -0.15) is 0 Å². The molecule has 1 aromatic rings. The second-order valence-electron chi connectivity index (χ2n) is 9.08. The monoisotopic (exact) mass is 409 g/mol. The standard InChI is InChI=1S/C23H31N5O2/c1-13(2)11-26-16(5)17(6)28-19-20(24-22(26)28)25(7)23(30)27(21(19)29)12-18-10-14(3)8-9-15(18)4/h8-10,13,19-20H,11-12H2,1-7H3. The summed E-state index contributed by atoms with van der Waals surface area (Å²) in [6.07, 6.45) is -0.493. The minimum Gasteiger partial charge on any atom is -0.314 e. The van der Waals surface area contributed by atoms with Crippen molar-refractivity contribution >= 4 is 17.9 Å². The average molecular weight is 410 g/mol. The quantitative estimate of drug-likeness (QED) is 0.766. The van der Waals surface area contributed by atoms with Crippen LogP contribution in [0.25, 0.3) is 0 Å². The number of urea groups is 1. The first kappa shape index (κ1) is 20.4. The van der Waals surface area contributed by atoms with Crippen LogP contribution in [0.5, 0.6) is 0 Å². The van der Waals surface area contributed by atoms with Gasteiger partial charge in [0.2, 0.25) is 5.96 Å². The van der Waals surface area contributed by atoms with Crippen molar-refractivity contribution in [2.45, 2.75) is 60.3 Å². The molecule has 3 aliphatic rings. The van der Waals surface area contributed by atoms with Gasteiger partial charge in [-0.05, 0) is 44.7 Å². The summed E-state index contributed by atoms with van der Waals surface area (Å²) in [5, 5.41) is 0. The second kappa shape index (κ2) is 7.15. The van der Waals surface area contributed by atoms with Gasteiger partial charge in [-0.25, -0.2) is 9.79 Å². The first-order valence-electron chi connectivity index (χ1n) is 10.6. The molecule has 3 aliphatic heterocycles. The highest BCUT2D eigenvalue weighted by Crippen LogP contribution is 2.38. The number of carbonyl (C=O) groups excluding carboxylic acids is 2. The van der Waals surface area contributed by atoms with Crippen LogP contribution in [0.15, 0.2) is 34.6 Å². The molecule has 2 unspecified atom stereocenters. The maximum Gasteiger partial charge on any atom is 0.328 e. The number of hydrogen-bond donors (Lipinski definition) is 0. The van der Waals surface area contributed by atoms with Gasteiger partial charge in [0.15, 0.2) is 12.2 Å². The number of hydrogen-bond acceptors (Lipinski definition) is 5. The summed E-state index contributed by atoms with van der Waals surface area (Å²) < 4.78 is 0. The van der Waals surface area contributed by atoms with Crippen molar-refractivity contribution in [3.8, 4) is 0 Å². The van der Waals surface area contributed by atoms with E-state index in [0.717, 1.165) is 40.6 Å². The summed E-state index contributed by atoms with van der Waals surface area (Å²) >= 11 is 0. The zero-order valence-electron chi connectivity index (χ0n) is 18.9. The van der Waals surface area contributed by atoms with Gasteiger partial charge in [0.05, 0.1) is 6.54 Å². The molecule has 0 spiro atoms. The van der Waals surface area contributed by atoms with E-state index < -0.39 is 12.2 Å². The van der Waals surface area contributed by atoms with E-state index in [1.54, 1.807) is 11.9 Å². The Morgan fingerprint density at radius 2 is 1.73 bits per heavy atom. The number of imide groups is 1. The molecule has 0 aromatic heterocycles. The third-order valence-electron chi connectivity index (χ3n) is 6.38. The van der Waals surface area contributed by atoms with Gasteiger partial charge in [-0.15, -0.1) is 0 Å². The lowest BCUT2D eigenvalue weighted by atomic mass is 10.0. The Hall–Kier alpha value is -2.83. The van der Waals surface area contributed by atoms with Gasteiger partial charge in [0.25, 0.3) is 5.91 Å². The predicted molar refractivity (Wildman–Crippen MR) is 116 cm³/mol. The maximum atomic E-state index is 13.6. The summed E-state index contributed by atoms with van der Waals surface area (Å²) in [6.45, 7) is 13.6. The fourth-order valence-electron chi connectivity index (χ4n) is 4.55. The van der Waals surface area contributed by atoms with Crippen molar-refractivity contribution in [3.05, 3.63) is 46.3 Å². The third kappa shape index (κ3) is 2.99. The van der Waals surface area contributed by atoms with Gasteiger partial charge in [-0.1, -0.05) is 37.6 Å². The smallest absolute Gasteiger partial charge is 0.314 e. The Labute approximate surface area is 178 Å². The molecule has 0 N–H and O–H groups in total. The number of rotatable bonds is 4. The molecular formula is C23H31N5O2. The van der Waals surface area contributed by atoms with Gasteiger partial charge >= 0.3 is 6.03 Å². The zero-order chi connectivity index (χ0) is 21.9. The molecule has 160 valence electrons. The van der Waals surface area contributed by atoms with Crippen LogP contribution in [0.3, 0.4) is 0 Å². The molecule has 0 aliphatic carbocycles. The van der Waals surface area contributed by atoms with Crippen LogP contribution in [0.1, 0.15) is 44.4 Å². The van der Waals surface area contributed by atoms with E-state index >= 15 is 0 Å². The Bertz CT molecular complexity index is 980. The van der Waals surface area contributed by atoms with E-state index in [1.165, 1.54) is 4.90 Å². The van der Waals surface area contributed by atoms with Crippen molar-refractivity contribution < 1.29 is 9.59 Å². The van der Waals surface area contributed by atoms with Crippen LogP contribution in [0.4, 0.5) is 4.79 Å². The number of carbonyl (C=O) groups is 2. The van der Waals surface area contributed by atoms with Crippen molar-refractivity contribution in [3.63, 3.8) is 0 Å². The zero-order valence-corrected chi connectivity index (χ0v) is 18.9. The number of aryl methyl sites for hydroxylation is 2. The van der Waals surface area contributed by atoms with Crippen molar-refractivity contribution in [2.24, 2.45) is 10.9 Å². The summed E-state index contributed by atoms with van der Waals surface area (Å²) in [5.41, 5.74) is 5.34. The van der Waals surface area contributed by atoms with Crippen LogP contribution < -0.4 is 0 Å². The second-order valence-corrected chi connectivity index (χ2v) is 9.08. The molecule has 4 rings (SSSR count). The minimum absolute atomic E-state index is 0.179. The number of nitrogens with zero attached hydrogens (tertiary/aromatic N) is 5. The van der Waals surface area contributed by atoms with Gasteiger partial charge in [-0.3, -0.25) is 14.6 Å². The minimum atomic E-state index is -0.514. The highest BCUT2D eigenvalue weighted by atomic mass is 16.2. The number of aliphatic imine (C=N–C) groups is 1. The van der Waals surface area contributed by atoms with Gasteiger partial charge in [0, 0.05) is 25.0 Å². The molecule has 0 saturated carbocycles. The SMILES string of the molecule is CC1=C(C)N2C(=NC3C2C(=O)N(Cc2cc(C)ccc2C)C(=O)N3C)N1CC(C)C. The Balaban J connectivity index is 1.68.